The Hall–Kier alpha value is -1.48. The molecule has 2 aliphatic heterocycles. The van der Waals surface area contributed by atoms with Crippen LogP contribution in [0.2, 0.25) is 0 Å². The van der Waals surface area contributed by atoms with Crippen molar-refractivity contribution in [3.63, 3.8) is 0 Å². The highest BCUT2D eigenvalue weighted by molar-refractivity contribution is 6.65. The van der Waals surface area contributed by atoms with Gasteiger partial charge in [-0.3, -0.25) is 0 Å². The average molecular weight is 372 g/mol. The molecule has 4 heterocycles. The Balaban J connectivity index is 1.73. The molecule has 2 fully saturated rings. The molecule has 0 amide bonds. The summed E-state index contributed by atoms with van der Waals surface area (Å²) in [4.78, 5) is 0. The molecule has 8 nitrogen and oxygen atoms in total. The number of pyridine rings is 1. The van der Waals surface area contributed by atoms with Crippen LogP contribution < -0.4 is 11.1 Å². The number of fused-ring (bicyclic) bond motifs is 1. The van der Waals surface area contributed by atoms with Crippen molar-refractivity contribution in [1.82, 2.24) is 20.0 Å². The molecule has 0 unspecified atom stereocenters. The third-order valence-electron chi connectivity index (χ3n) is 6.41. The van der Waals surface area contributed by atoms with Gasteiger partial charge in [0.05, 0.1) is 28.0 Å². The summed E-state index contributed by atoms with van der Waals surface area (Å²) in [5, 5.41) is 12.2. The molecule has 4 rings (SSSR count). The first-order valence-corrected chi connectivity index (χ1v) is 9.27. The number of rotatable bonds is 2. The Morgan fingerprint density at radius 2 is 1.22 bits per heavy atom. The van der Waals surface area contributed by atoms with Crippen molar-refractivity contribution in [2.45, 2.75) is 77.8 Å². The van der Waals surface area contributed by atoms with E-state index < -0.39 is 36.6 Å². The van der Waals surface area contributed by atoms with E-state index in [1.807, 2.05) is 67.5 Å². The molecule has 2 aromatic rings. The quantitative estimate of drug-likeness (QED) is 0.719. The molecule has 144 valence electrons. The second kappa shape index (κ2) is 5.53. The summed E-state index contributed by atoms with van der Waals surface area (Å²) in [6.45, 7) is 16.1. The normalized spacial score (nSPS) is 25.5. The summed E-state index contributed by atoms with van der Waals surface area (Å²) in [6.07, 6.45) is 0. The summed E-state index contributed by atoms with van der Waals surface area (Å²) in [5.74, 6) is 0. The van der Waals surface area contributed by atoms with E-state index in [1.54, 1.807) is 4.52 Å². The van der Waals surface area contributed by atoms with Gasteiger partial charge in [-0.1, -0.05) is 6.07 Å². The molecule has 2 saturated heterocycles. The van der Waals surface area contributed by atoms with Gasteiger partial charge >= 0.3 is 14.2 Å². The zero-order chi connectivity index (χ0) is 19.8. The highest BCUT2D eigenvalue weighted by Gasteiger charge is 2.54. The molecule has 0 atom stereocenters. The first-order chi connectivity index (χ1) is 12.3. The van der Waals surface area contributed by atoms with E-state index in [0.29, 0.717) is 5.65 Å². The van der Waals surface area contributed by atoms with Crippen LogP contribution in [0.25, 0.3) is 5.65 Å². The third kappa shape index (κ3) is 2.73. The molecule has 0 radical (unpaired) electrons. The number of nitrogens with zero attached hydrogens (tertiary/aromatic N) is 4. The summed E-state index contributed by atoms with van der Waals surface area (Å²) in [7, 11) is -1.11. The maximum atomic E-state index is 6.17. The lowest BCUT2D eigenvalue weighted by molar-refractivity contribution is 0.00578. The van der Waals surface area contributed by atoms with Crippen LogP contribution in [0, 0.1) is 0 Å². The van der Waals surface area contributed by atoms with Gasteiger partial charge in [-0.2, -0.15) is 0 Å². The minimum atomic E-state index is -0.562. The van der Waals surface area contributed by atoms with Crippen LogP contribution in [0.4, 0.5) is 0 Å². The molecule has 2 aromatic heterocycles. The fourth-order valence-electron chi connectivity index (χ4n) is 3.16. The van der Waals surface area contributed by atoms with E-state index >= 15 is 0 Å². The van der Waals surface area contributed by atoms with Gasteiger partial charge in [-0.05, 0) is 71.9 Å². The molecular formula is C17H26B2N4O4. The van der Waals surface area contributed by atoms with Crippen LogP contribution in [0.5, 0.6) is 0 Å². The zero-order valence-corrected chi connectivity index (χ0v) is 17.2. The molecule has 0 aliphatic carbocycles. The highest BCUT2D eigenvalue weighted by Crippen LogP contribution is 2.37. The van der Waals surface area contributed by atoms with E-state index in [1.165, 1.54) is 0 Å². The lowest BCUT2D eigenvalue weighted by Crippen LogP contribution is -2.43. The van der Waals surface area contributed by atoms with Crippen LogP contribution in [-0.2, 0) is 18.6 Å². The minimum Gasteiger partial charge on any atom is -0.399 e. The van der Waals surface area contributed by atoms with Gasteiger partial charge in [-0.25, -0.2) is 4.52 Å². The monoisotopic (exact) mass is 372 g/mol. The van der Waals surface area contributed by atoms with Crippen LogP contribution in [-0.4, -0.2) is 56.7 Å². The highest BCUT2D eigenvalue weighted by atomic mass is 16.7. The van der Waals surface area contributed by atoms with Crippen molar-refractivity contribution in [3.8, 4) is 0 Å². The van der Waals surface area contributed by atoms with E-state index in [0.717, 1.165) is 11.1 Å². The first-order valence-electron chi connectivity index (χ1n) is 9.27. The Bertz CT molecular complexity index is 794. The van der Waals surface area contributed by atoms with Crippen molar-refractivity contribution in [1.29, 1.82) is 0 Å². The second-order valence-corrected chi connectivity index (χ2v) is 9.30. The molecule has 0 saturated carbocycles. The lowest BCUT2D eigenvalue weighted by atomic mass is 9.77. The Kier molecular flexibility index (Phi) is 3.86. The second-order valence-electron chi connectivity index (χ2n) is 9.30. The van der Waals surface area contributed by atoms with E-state index in [2.05, 4.69) is 15.5 Å². The molecule has 0 aromatic carbocycles. The fraction of sp³-hybridized carbons (Fsp3) is 0.706. The molecule has 27 heavy (non-hydrogen) atoms. The topological polar surface area (TPSA) is 80.0 Å². The van der Waals surface area contributed by atoms with Gasteiger partial charge in [-0.15, -0.1) is 5.10 Å². The van der Waals surface area contributed by atoms with E-state index in [4.69, 9.17) is 18.6 Å². The minimum absolute atomic E-state index is 0.438. The van der Waals surface area contributed by atoms with Crippen LogP contribution in [0.3, 0.4) is 0 Å². The summed E-state index contributed by atoms with van der Waals surface area (Å²) < 4.78 is 26.3. The smallest absolute Gasteiger partial charge is 0.399 e. The standard InChI is InChI=1S/C17H26B2N4O4/c1-14(2)15(3,4)25-18(24-14)11-9-10-12(23-13(11)20-21-22-23)19-26-16(5,6)17(7,8)27-19/h9-10H,1-8H3. The SMILES string of the molecule is CC1(C)OB(c2ccc(B3OC(C)(C)C(C)(C)O3)n3nnnc23)OC1(C)C. The van der Waals surface area contributed by atoms with Crippen LogP contribution >= 0.6 is 0 Å². The van der Waals surface area contributed by atoms with E-state index in [9.17, 15) is 0 Å². The van der Waals surface area contributed by atoms with Crippen LogP contribution in [0.15, 0.2) is 12.1 Å². The van der Waals surface area contributed by atoms with Gasteiger partial charge in [0, 0.05) is 5.46 Å². The van der Waals surface area contributed by atoms with Crippen molar-refractivity contribution >= 4 is 30.9 Å². The average Bonchev–Trinajstić information content (AvgIpc) is 3.13. The van der Waals surface area contributed by atoms with Gasteiger partial charge in [0.2, 0.25) is 0 Å². The van der Waals surface area contributed by atoms with Gasteiger partial charge in [0.1, 0.15) is 0 Å². The zero-order valence-electron chi connectivity index (χ0n) is 17.2. The van der Waals surface area contributed by atoms with Crippen molar-refractivity contribution < 1.29 is 18.6 Å². The largest absolute Gasteiger partial charge is 0.514 e. The molecule has 2 aliphatic rings. The molecular weight excluding hydrogens is 346 g/mol. The maximum absolute atomic E-state index is 6.17. The molecule has 0 bridgehead atoms. The number of hydrogen-bond acceptors (Lipinski definition) is 7. The van der Waals surface area contributed by atoms with Crippen molar-refractivity contribution in [3.05, 3.63) is 12.1 Å². The molecule has 10 heteroatoms. The Labute approximate surface area is 160 Å². The number of aromatic nitrogens is 4. The molecule has 0 N–H and O–H groups in total. The Morgan fingerprint density at radius 1 is 0.741 bits per heavy atom. The third-order valence-corrected chi connectivity index (χ3v) is 6.41. The summed E-state index contributed by atoms with van der Waals surface area (Å²) in [5.41, 5.74) is 0.317. The van der Waals surface area contributed by atoms with Crippen molar-refractivity contribution in [2.75, 3.05) is 0 Å². The van der Waals surface area contributed by atoms with Crippen molar-refractivity contribution in [2.24, 2.45) is 0 Å². The van der Waals surface area contributed by atoms with E-state index in [-0.39, 0.29) is 0 Å². The fourth-order valence-corrected chi connectivity index (χ4v) is 3.16. The van der Waals surface area contributed by atoms with Gasteiger partial charge in [0.15, 0.2) is 5.65 Å². The lowest BCUT2D eigenvalue weighted by Gasteiger charge is -2.32. The summed E-state index contributed by atoms with van der Waals surface area (Å²) >= 11 is 0. The van der Waals surface area contributed by atoms with Gasteiger partial charge < -0.3 is 18.6 Å². The first kappa shape index (κ1) is 18.9. The number of tetrazole rings is 1. The predicted octanol–water partition coefficient (Wildman–Crippen LogP) is 0.723. The van der Waals surface area contributed by atoms with Crippen LogP contribution in [0.1, 0.15) is 55.4 Å². The maximum Gasteiger partial charge on any atom is 0.514 e. The van der Waals surface area contributed by atoms with Gasteiger partial charge in [0.25, 0.3) is 0 Å². The number of hydrogen-bond donors (Lipinski definition) is 0. The predicted molar refractivity (Wildman–Crippen MR) is 102 cm³/mol. The summed E-state index contributed by atoms with van der Waals surface area (Å²) in [6, 6.07) is 3.83. The molecule has 0 spiro atoms. The Morgan fingerprint density at radius 3 is 1.74 bits per heavy atom.